The van der Waals surface area contributed by atoms with Crippen molar-refractivity contribution in [1.29, 1.82) is 0 Å². The molecule has 1 aliphatic rings. The molecule has 0 N–H and O–H groups in total. The highest BCUT2D eigenvalue weighted by Crippen LogP contribution is 2.21. The molecule has 5 nitrogen and oxygen atoms in total. The normalized spacial score (nSPS) is 19.7. The molecule has 0 spiro atoms. The molecular weight excluding hydrogens is 274 g/mol. The van der Waals surface area contributed by atoms with Gasteiger partial charge in [0.15, 0.2) is 0 Å². The minimum atomic E-state index is 0.712. The number of hydrogen-bond acceptors (Lipinski definition) is 3. The number of likely N-dealkylation sites (tertiary alicyclic amines) is 1. The first kappa shape index (κ1) is 15.3. The lowest BCUT2D eigenvalue weighted by molar-refractivity contribution is 0.151. The first-order valence-corrected chi connectivity index (χ1v) is 8.23. The number of aromatic nitrogens is 4. The fourth-order valence-corrected chi connectivity index (χ4v) is 3.45. The average Bonchev–Trinajstić information content (AvgIpc) is 2.99. The Morgan fingerprint density at radius 1 is 1.27 bits per heavy atom. The molecule has 0 aliphatic carbocycles. The second-order valence-corrected chi connectivity index (χ2v) is 6.63. The SMILES string of the molecule is Cc1nc(CN2CCC[C@H](Cn3ccnc3C)C2)n(C)c1C. The van der Waals surface area contributed by atoms with Crippen molar-refractivity contribution >= 4 is 0 Å². The number of aryl methyl sites for hydroxylation is 2. The molecule has 3 heterocycles. The van der Waals surface area contributed by atoms with E-state index in [0.29, 0.717) is 5.92 Å². The molecule has 1 saturated heterocycles. The molecule has 0 bridgehead atoms. The summed E-state index contributed by atoms with van der Waals surface area (Å²) in [5.74, 6) is 3.02. The van der Waals surface area contributed by atoms with Crippen LogP contribution in [-0.4, -0.2) is 37.1 Å². The van der Waals surface area contributed by atoms with Crippen molar-refractivity contribution < 1.29 is 0 Å². The monoisotopic (exact) mass is 301 g/mol. The number of hydrogen-bond donors (Lipinski definition) is 0. The summed E-state index contributed by atoms with van der Waals surface area (Å²) in [6.07, 6.45) is 6.59. The zero-order valence-electron chi connectivity index (χ0n) is 14.2. The van der Waals surface area contributed by atoms with Crippen molar-refractivity contribution in [2.75, 3.05) is 13.1 Å². The summed E-state index contributed by atoms with van der Waals surface area (Å²) in [6, 6.07) is 0. The van der Waals surface area contributed by atoms with Gasteiger partial charge >= 0.3 is 0 Å². The predicted molar refractivity (Wildman–Crippen MR) is 87.6 cm³/mol. The summed E-state index contributed by atoms with van der Waals surface area (Å²) in [5, 5.41) is 0. The average molecular weight is 301 g/mol. The maximum atomic E-state index is 4.72. The van der Waals surface area contributed by atoms with E-state index < -0.39 is 0 Å². The number of piperidine rings is 1. The molecule has 120 valence electrons. The standard InChI is InChI=1S/C17H27N5/c1-13-14(2)20(4)17(19-13)12-21-8-5-6-16(10-21)11-22-9-7-18-15(22)3/h7,9,16H,5-6,8,10-12H2,1-4H3/t16-/m0/s1. The Bertz CT molecular complexity index is 640. The summed E-state index contributed by atoms with van der Waals surface area (Å²) in [6.45, 7) is 10.7. The lowest BCUT2D eigenvalue weighted by atomic mass is 9.98. The predicted octanol–water partition coefficient (Wildman–Crippen LogP) is 2.45. The first-order valence-electron chi connectivity index (χ1n) is 8.23. The van der Waals surface area contributed by atoms with Gasteiger partial charge in [-0.15, -0.1) is 0 Å². The van der Waals surface area contributed by atoms with Crippen molar-refractivity contribution in [1.82, 2.24) is 24.0 Å². The van der Waals surface area contributed by atoms with Crippen molar-refractivity contribution in [3.8, 4) is 0 Å². The largest absolute Gasteiger partial charge is 0.335 e. The van der Waals surface area contributed by atoms with E-state index >= 15 is 0 Å². The molecule has 1 aliphatic heterocycles. The highest BCUT2D eigenvalue weighted by atomic mass is 15.2. The quantitative estimate of drug-likeness (QED) is 0.871. The Hall–Kier alpha value is -1.62. The van der Waals surface area contributed by atoms with Gasteiger partial charge in [-0.25, -0.2) is 9.97 Å². The summed E-state index contributed by atoms with van der Waals surface area (Å²) in [5.41, 5.74) is 2.43. The molecule has 0 radical (unpaired) electrons. The molecule has 0 amide bonds. The van der Waals surface area contributed by atoms with E-state index in [2.05, 4.69) is 53.0 Å². The van der Waals surface area contributed by atoms with Crippen LogP contribution in [0.2, 0.25) is 0 Å². The van der Waals surface area contributed by atoms with Crippen LogP contribution >= 0.6 is 0 Å². The van der Waals surface area contributed by atoms with Gasteiger partial charge in [0.1, 0.15) is 11.6 Å². The van der Waals surface area contributed by atoms with E-state index in [1.807, 2.05) is 6.20 Å². The van der Waals surface area contributed by atoms with Gasteiger partial charge in [0.05, 0.1) is 12.2 Å². The van der Waals surface area contributed by atoms with E-state index in [-0.39, 0.29) is 0 Å². The van der Waals surface area contributed by atoms with E-state index in [1.54, 1.807) is 0 Å². The fraction of sp³-hybridized carbons (Fsp3) is 0.647. The Kier molecular flexibility index (Phi) is 4.34. The lowest BCUT2D eigenvalue weighted by Gasteiger charge is -2.32. The summed E-state index contributed by atoms with van der Waals surface area (Å²) >= 11 is 0. The molecule has 1 fully saturated rings. The maximum Gasteiger partial charge on any atom is 0.123 e. The van der Waals surface area contributed by atoms with Crippen molar-refractivity contribution in [3.63, 3.8) is 0 Å². The third-order valence-electron chi connectivity index (χ3n) is 5.06. The zero-order chi connectivity index (χ0) is 15.7. The third kappa shape index (κ3) is 3.09. The van der Waals surface area contributed by atoms with Gasteiger partial charge in [0.25, 0.3) is 0 Å². The Morgan fingerprint density at radius 2 is 2.09 bits per heavy atom. The van der Waals surface area contributed by atoms with E-state index in [4.69, 9.17) is 4.98 Å². The highest BCUT2D eigenvalue weighted by Gasteiger charge is 2.22. The Morgan fingerprint density at radius 3 is 2.73 bits per heavy atom. The van der Waals surface area contributed by atoms with Gasteiger partial charge in [-0.3, -0.25) is 4.90 Å². The van der Waals surface area contributed by atoms with Crippen LogP contribution < -0.4 is 0 Å². The van der Waals surface area contributed by atoms with Gasteiger partial charge in [-0.05, 0) is 46.1 Å². The topological polar surface area (TPSA) is 38.9 Å². The van der Waals surface area contributed by atoms with E-state index in [1.165, 1.54) is 30.9 Å². The number of rotatable bonds is 4. The Balaban J connectivity index is 1.63. The molecule has 22 heavy (non-hydrogen) atoms. The van der Waals surface area contributed by atoms with Crippen molar-refractivity contribution in [2.24, 2.45) is 13.0 Å². The second-order valence-electron chi connectivity index (χ2n) is 6.63. The zero-order valence-corrected chi connectivity index (χ0v) is 14.2. The summed E-state index contributed by atoms with van der Waals surface area (Å²) in [4.78, 5) is 11.6. The molecule has 1 atom stereocenters. The number of imidazole rings is 2. The third-order valence-corrected chi connectivity index (χ3v) is 5.06. The molecule has 0 saturated carbocycles. The van der Waals surface area contributed by atoms with Gasteiger partial charge in [-0.1, -0.05) is 0 Å². The molecular formula is C17H27N5. The second kappa shape index (κ2) is 6.24. The van der Waals surface area contributed by atoms with E-state index in [0.717, 1.165) is 31.2 Å². The minimum absolute atomic E-state index is 0.712. The van der Waals surface area contributed by atoms with Crippen LogP contribution in [0.5, 0.6) is 0 Å². The van der Waals surface area contributed by atoms with Gasteiger partial charge in [-0.2, -0.15) is 0 Å². The highest BCUT2D eigenvalue weighted by molar-refractivity contribution is 5.13. The Labute approximate surface area is 133 Å². The van der Waals surface area contributed by atoms with Crippen LogP contribution in [0, 0.1) is 26.7 Å². The molecule has 2 aromatic heterocycles. The van der Waals surface area contributed by atoms with Crippen LogP contribution in [0.25, 0.3) is 0 Å². The number of nitrogens with zero attached hydrogens (tertiary/aromatic N) is 5. The first-order chi connectivity index (χ1) is 10.5. The van der Waals surface area contributed by atoms with E-state index in [9.17, 15) is 0 Å². The van der Waals surface area contributed by atoms with Gasteiger partial charge in [0, 0.05) is 38.2 Å². The molecule has 0 aromatic carbocycles. The smallest absolute Gasteiger partial charge is 0.123 e. The van der Waals surface area contributed by atoms with Crippen molar-refractivity contribution in [3.05, 3.63) is 35.4 Å². The summed E-state index contributed by atoms with van der Waals surface area (Å²) in [7, 11) is 2.13. The van der Waals surface area contributed by atoms with Crippen LogP contribution in [0.15, 0.2) is 12.4 Å². The molecule has 2 aromatic rings. The maximum absolute atomic E-state index is 4.72. The van der Waals surface area contributed by atoms with Gasteiger partial charge in [0.2, 0.25) is 0 Å². The summed E-state index contributed by atoms with van der Waals surface area (Å²) < 4.78 is 4.52. The minimum Gasteiger partial charge on any atom is -0.335 e. The van der Waals surface area contributed by atoms with Crippen LogP contribution in [-0.2, 0) is 20.1 Å². The lowest BCUT2D eigenvalue weighted by Crippen LogP contribution is -2.37. The van der Waals surface area contributed by atoms with Gasteiger partial charge < -0.3 is 9.13 Å². The molecule has 3 rings (SSSR count). The molecule has 5 heteroatoms. The van der Waals surface area contributed by atoms with Crippen LogP contribution in [0.3, 0.4) is 0 Å². The fourth-order valence-electron chi connectivity index (χ4n) is 3.45. The van der Waals surface area contributed by atoms with Crippen LogP contribution in [0.1, 0.15) is 35.9 Å². The van der Waals surface area contributed by atoms with Crippen molar-refractivity contribution in [2.45, 2.75) is 46.7 Å². The molecule has 0 unspecified atom stereocenters. The van der Waals surface area contributed by atoms with Crippen LogP contribution in [0.4, 0.5) is 0 Å².